The van der Waals surface area contributed by atoms with Crippen LogP contribution in [0.25, 0.3) is 0 Å². The highest BCUT2D eigenvalue weighted by molar-refractivity contribution is 6.60. The number of unbranched alkanes of at least 4 members (excludes halogenated alkanes) is 21. The largest absolute Gasteiger partial charge is 0.500 e. The van der Waals surface area contributed by atoms with E-state index in [1.807, 2.05) is 0 Å². The molecule has 0 bridgehead atoms. The van der Waals surface area contributed by atoms with Crippen LogP contribution < -0.4 is 0 Å². The van der Waals surface area contributed by atoms with Crippen molar-refractivity contribution in [3.05, 3.63) is 0 Å². The van der Waals surface area contributed by atoms with E-state index in [4.69, 9.17) is 13.3 Å². The van der Waals surface area contributed by atoms with Crippen LogP contribution in [-0.4, -0.2) is 30.1 Å². The Kier molecular flexibility index (Phi) is 24.8. The lowest BCUT2D eigenvalue weighted by atomic mass is 10.0. The van der Waals surface area contributed by atoms with Crippen molar-refractivity contribution >= 4 is 8.80 Å². The van der Waals surface area contributed by atoms with Crippen LogP contribution >= 0.6 is 0 Å². The van der Waals surface area contributed by atoms with Gasteiger partial charge in [0.15, 0.2) is 0 Å². The molecule has 0 rings (SSSR count). The topological polar surface area (TPSA) is 27.7 Å². The van der Waals surface area contributed by atoms with E-state index >= 15 is 0 Å². The first-order chi connectivity index (χ1) is 15.2. The highest BCUT2D eigenvalue weighted by atomic mass is 28.4. The van der Waals surface area contributed by atoms with E-state index in [2.05, 4.69) is 6.92 Å². The minimum atomic E-state index is -2.33. The highest BCUT2D eigenvalue weighted by Gasteiger charge is 2.36. The second-order valence-corrected chi connectivity index (χ2v) is 12.6. The molecule has 0 unspecified atom stereocenters. The van der Waals surface area contributed by atoms with Crippen LogP contribution in [0, 0.1) is 0 Å². The number of rotatable bonds is 26. The smallest absolute Gasteiger partial charge is 0.377 e. The first-order valence-electron chi connectivity index (χ1n) is 13.9. The Morgan fingerprint density at radius 1 is 0.355 bits per heavy atom. The summed E-state index contributed by atoms with van der Waals surface area (Å²) in [6.45, 7) is 2.30. The zero-order chi connectivity index (χ0) is 22.9. The Morgan fingerprint density at radius 3 is 0.806 bits per heavy atom. The Hall–Kier alpha value is 0.0969. The summed E-state index contributed by atoms with van der Waals surface area (Å²) in [6.07, 6.45) is 31.2. The van der Waals surface area contributed by atoms with E-state index in [1.165, 1.54) is 135 Å². The van der Waals surface area contributed by atoms with Gasteiger partial charge in [-0.15, -0.1) is 0 Å². The van der Waals surface area contributed by atoms with Crippen LogP contribution in [0.3, 0.4) is 0 Å². The highest BCUT2D eigenvalue weighted by Crippen LogP contribution is 2.19. The molecule has 0 saturated carbocycles. The van der Waals surface area contributed by atoms with Crippen LogP contribution in [-0.2, 0) is 13.3 Å². The Morgan fingerprint density at radius 2 is 0.581 bits per heavy atom. The quantitative estimate of drug-likeness (QED) is 0.0953. The lowest BCUT2D eigenvalue weighted by Gasteiger charge is -2.24. The van der Waals surface area contributed by atoms with Gasteiger partial charge in [0.1, 0.15) is 0 Å². The Bertz CT molecular complexity index is 326. The SMILES string of the molecule is CCCCCCCCCCCCCCCCCCCCCCCC[Si](OC)(OC)OC. The second kappa shape index (κ2) is 24.7. The standard InChI is InChI=1S/C27H58O3Si/c1-5-6-7-8-9-10-11-12-13-14-15-16-17-18-19-20-21-22-23-24-25-26-27-31(28-2,29-3)30-4/h5-27H2,1-4H3. The lowest BCUT2D eigenvalue weighted by molar-refractivity contribution is 0.122. The predicted molar refractivity (Wildman–Crippen MR) is 139 cm³/mol. The zero-order valence-electron chi connectivity index (χ0n) is 22.0. The average molecular weight is 459 g/mol. The van der Waals surface area contributed by atoms with E-state index in [-0.39, 0.29) is 0 Å². The molecular weight excluding hydrogens is 400 g/mol. The fourth-order valence-corrected chi connectivity index (χ4v) is 6.30. The van der Waals surface area contributed by atoms with Crippen molar-refractivity contribution in [2.45, 2.75) is 154 Å². The van der Waals surface area contributed by atoms with Crippen molar-refractivity contribution in [3.8, 4) is 0 Å². The molecule has 3 nitrogen and oxygen atoms in total. The predicted octanol–water partition coefficient (Wildman–Crippen LogP) is 9.47. The fourth-order valence-electron chi connectivity index (χ4n) is 4.51. The van der Waals surface area contributed by atoms with Gasteiger partial charge in [-0.25, -0.2) is 0 Å². The Labute approximate surface area is 197 Å². The molecule has 0 amide bonds. The molecule has 0 aliphatic rings. The first kappa shape index (κ1) is 31.1. The molecule has 0 aromatic heterocycles. The molecule has 0 N–H and O–H groups in total. The van der Waals surface area contributed by atoms with Gasteiger partial charge >= 0.3 is 8.80 Å². The van der Waals surface area contributed by atoms with Crippen molar-refractivity contribution in [3.63, 3.8) is 0 Å². The van der Waals surface area contributed by atoms with Gasteiger partial charge in [-0.05, 0) is 6.42 Å². The van der Waals surface area contributed by atoms with E-state index < -0.39 is 8.80 Å². The molecule has 31 heavy (non-hydrogen) atoms. The van der Waals surface area contributed by atoms with Crippen molar-refractivity contribution in [2.75, 3.05) is 21.3 Å². The molecule has 0 aliphatic carbocycles. The van der Waals surface area contributed by atoms with Crippen molar-refractivity contribution < 1.29 is 13.3 Å². The summed E-state index contributed by atoms with van der Waals surface area (Å²) >= 11 is 0. The molecule has 0 aromatic rings. The number of hydrogen-bond acceptors (Lipinski definition) is 3. The summed E-state index contributed by atoms with van der Waals surface area (Å²) < 4.78 is 16.4. The maximum Gasteiger partial charge on any atom is 0.500 e. The monoisotopic (exact) mass is 458 g/mol. The fraction of sp³-hybridized carbons (Fsp3) is 1.00. The van der Waals surface area contributed by atoms with Crippen molar-refractivity contribution in [2.24, 2.45) is 0 Å². The Balaban J connectivity index is 3.16. The second-order valence-electron chi connectivity index (χ2n) is 9.47. The molecule has 0 radical (unpaired) electrons. The van der Waals surface area contributed by atoms with Gasteiger partial charge in [-0.1, -0.05) is 142 Å². The maximum absolute atomic E-state index is 5.48. The minimum absolute atomic E-state index is 0.940. The van der Waals surface area contributed by atoms with Crippen molar-refractivity contribution in [1.82, 2.24) is 0 Å². The molecule has 0 saturated heterocycles. The molecule has 4 heteroatoms. The number of hydrogen-bond donors (Lipinski definition) is 0. The maximum atomic E-state index is 5.48. The van der Waals surface area contributed by atoms with Gasteiger partial charge in [0.25, 0.3) is 0 Å². The first-order valence-corrected chi connectivity index (χ1v) is 15.8. The summed E-state index contributed by atoms with van der Waals surface area (Å²) in [5.74, 6) is 0. The van der Waals surface area contributed by atoms with Gasteiger partial charge in [0.2, 0.25) is 0 Å². The summed E-state index contributed by atoms with van der Waals surface area (Å²) in [5.41, 5.74) is 0. The van der Waals surface area contributed by atoms with Gasteiger partial charge in [-0.2, -0.15) is 0 Å². The molecule has 188 valence electrons. The molecule has 0 aromatic carbocycles. The summed E-state index contributed by atoms with van der Waals surface area (Å²) in [4.78, 5) is 0. The third kappa shape index (κ3) is 20.4. The van der Waals surface area contributed by atoms with Gasteiger partial charge < -0.3 is 13.3 Å². The van der Waals surface area contributed by atoms with Gasteiger partial charge in [-0.3, -0.25) is 0 Å². The third-order valence-electron chi connectivity index (χ3n) is 6.77. The molecular formula is C27H58O3Si. The molecule has 0 fully saturated rings. The van der Waals surface area contributed by atoms with E-state index in [0.717, 1.165) is 12.5 Å². The third-order valence-corrected chi connectivity index (χ3v) is 9.60. The average Bonchev–Trinajstić information content (AvgIpc) is 2.80. The molecule has 0 atom stereocenters. The van der Waals surface area contributed by atoms with Crippen LogP contribution in [0.4, 0.5) is 0 Å². The van der Waals surface area contributed by atoms with Crippen LogP contribution in [0.1, 0.15) is 148 Å². The summed E-state index contributed by atoms with van der Waals surface area (Å²) in [7, 11) is 2.78. The van der Waals surface area contributed by atoms with E-state index in [0.29, 0.717) is 0 Å². The summed E-state index contributed by atoms with van der Waals surface area (Å²) in [6, 6.07) is 0.940. The summed E-state index contributed by atoms with van der Waals surface area (Å²) in [5, 5.41) is 0. The van der Waals surface area contributed by atoms with Crippen LogP contribution in [0.5, 0.6) is 0 Å². The van der Waals surface area contributed by atoms with Crippen LogP contribution in [0.2, 0.25) is 6.04 Å². The zero-order valence-corrected chi connectivity index (χ0v) is 23.0. The van der Waals surface area contributed by atoms with Gasteiger partial charge in [0.05, 0.1) is 0 Å². The lowest BCUT2D eigenvalue weighted by Crippen LogP contribution is -2.42. The molecule has 0 heterocycles. The molecule has 0 spiro atoms. The van der Waals surface area contributed by atoms with E-state index in [9.17, 15) is 0 Å². The van der Waals surface area contributed by atoms with Gasteiger partial charge in [0, 0.05) is 27.4 Å². The van der Waals surface area contributed by atoms with E-state index in [1.54, 1.807) is 21.3 Å². The molecule has 0 aliphatic heterocycles. The minimum Gasteiger partial charge on any atom is -0.377 e. The van der Waals surface area contributed by atoms with Crippen molar-refractivity contribution in [1.29, 1.82) is 0 Å². The normalized spacial score (nSPS) is 12.0. The van der Waals surface area contributed by atoms with Crippen LogP contribution in [0.15, 0.2) is 0 Å².